The zero-order chi connectivity index (χ0) is 38.1. The summed E-state index contributed by atoms with van der Waals surface area (Å²) < 4.78 is 67.7. The highest BCUT2D eigenvalue weighted by Gasteiger charge is 2.26. The third-order valence-electron chi connectivity index (χ3n) is 6.64. The van der Waals surface area contributed by atoms with Gasteiger partial charge in [-0.3, -0.25) is 9.36 Å². The minimum absolute atomic E-state index is 0.0629. The Morgan fingerprint density at radius 1 is 0.558 bits per heavy atom. The van der Waals surface area contributed by atoms with Gasteiger partial charge in [0.15, 0.2) is 5.78 Å². The Bertz CT molecular complexity index is 2010. The largest absolute Gasteiger partial charge is 0.508 e. The van der Waals surface area contributed by atoms with Crippen molar-refractivity contribution in [1.82, 2.24) is 0 Å². The van der Waals surface area contributed by atoms with Crippen LogP contribution in [-0.4, -0.2) is 57.4 Å². The molecule has 0 fully saturated rings. The summed E-state index contributed by atoms with van der Waals surface area (Å²) >= 11 is 0. The monoisotopic (exact) mass is 736 g/mol. The number of carbonyl (C=O) groups is 3. The Morgan fingerprint density at radius 2 is 0.942 bits per heavy atom. The fourth-order valence-electron chi connectivity index (χ4n) is 4.09. The summed E-state index contributed by atoms with van der Waals surface area (Å²) in [6.07, 6.45) is -0.372. The number of hydrogen-bond acceptors (Lipinski definition) is 11. The van der Waals surface area contributed by atoms with Gasteiger partial charge in [-0.2, -0.15) is 0 Å². The van der Waals surface area contributed by atoms with Crippen LogP contribution in [0.25, 0.3) is 0 Å². The number of phenols is 1. The second-order valence-electron chi connectivity index (χ2n) is 10.3. The van der Waals surface area contributed by atoms with Crippen molar-refractivity contribution in [1.29, 1.82) is 0 Å². The normalized spacial score (nSPS) is 10.3. The number of rotatable bonds is 11. The zero-order valence-electron chi connectivity index (χ0n) is 28.5. The number of esters is 2. The van der Waals surface area contributed by atoms with Gasteiger partial charge in [0.25, 0.3) is 0 Å². The van der Waals surface area contributed by atoms with E-state index in [1.54, 1.807) is 66.7 Å². The molecular formula is C38H35F2O11P. The van der Waals surface area contributed by atoms with Gasteiger partial charge in [-0.25, -0.2) is 18.4 Å². The number of aromatic hydroxyl groups is 1. The number of phenolic OH excluding ortho intramolecular Hbond substituents is 1. The van der Waals surface area contributed by atoms with Crippen molar-refractivity contribution >= 4 is 25.3 Å². The van der Waals surface area contributed by atoms with Crippen LogP contribution in [0.1, 0.15) is 31.1 Å². The van der Waals surface area contributed by atoms with Crippen LogP contribution in [0.2, 0.25) is 0 Å². The lowest BCUT2D eigenvalue weighted by Gasteiger charge is -2.13. The maximum absolute atomic E-state index is 13.1. The van der Waals surface area contributed by atoms with E-state index in [4.69, 9.17) is 23.6 Å². The van der Waals surface area contributed by atoms with Crippen LogP contribution >= 0.6 is 7.60 Å². The van der Waals surface area contributed by atoms with Gasteiger partial charge in [0, 0.05) is 31.9 Å². The van der Waals surface area contributed by atoms with E-state index in [1.807, 2.05) is 0 Å². The average Bonchev–Trinajstić information content (AvgIpc) is 3.15. The Hall–Kier alpha value is -5.88. The highest BCUT2D eigenvalue weighted by atomic mass is 31.2. The van der Waals surface area contributed by atoms with Crippen molar-refractivity contribution in [3.63, 3.8) is 0 Å². The minimum atomic E-state index is -3.43. The number of carbonyl (C=O) groups excluding carboxylic acids is 3. The summed E-state index contributed by atoms with van der Waals surface area (Å²) in [6.45, 7) is 0. The second kappa shape index (κ2) is 20.1. The van der Waals surface area contributed by atoms with E-state index in [0.29, 0.717) is 39.7 Å². The molecule has 0 spiro atoms. The van der Waals surface area contributed by atoms with E-state index in [-0.39, 0.29) is 17.7 Å². The van der Waals surface area contributed by atoms with Crippen molar-refractivity contribution in [3.05, 3.63) is 150 Å². The third-order valence-corrected chi connectivity index (χ3v) is 8.42. The number of ketones is 1. The van der Waals surface area contributed by atoms with Crippen LogP contribution in [0, 0.1) is 11.6 Å². The molecule has 0 amide bonds. The predicted octanol–water partition coefficient (Wildman–Crippen LogP) is 8.87. The number of methoxy groups -OCH3 is 2. The van der Waals surface area contributed by atoms with Gasteiger partial charge < -0.3 is 33.1 Å². The first kappa shape index (κ1) is 40.5. The third kappa shape index (κ3) is 13.1. The van der Waals surface area contributed by atoms with E-state index < -0.39 is 31.1 Å². The van der Waals surface area contributed by atoms with Crippen molar-refractivity contribution in [2.45, 2.75) is 0 Å². The lowest BCUT2D eigenvalue weighted by atomic mass is 10.1. The van der Waals surface area contributed by atoms with Crippen molar-refractivity contribution in [2.24, 2.45) is 0 Å². The van der Waals surface area contributed by atoms with Gasteiger partial charge in [0.1, 0.15) is 46.5 Å². The van der Waals surface area contributed by atoms with Gasteiger partial charge in [0.2, 0.25) is 0 Å². The summed E-state index contributed by atoms with van der Waals surface area (Å²) in [7, 11) is 1.62. The number of ether oxygens (including phenoxy) is 4. The molecule has 0 radical (unpaired) electrons. The van der Waals surface area contributed by atoms with Gasteiger partial charge in [0.05, 0.1) is 25.3 Å². The molecule has 0 aliphatic heterocycles. The quantitative estimate of drug-likeness (QED) is 0.0789. The average molecular weight is 737 g/mol. The molecule has 0 aliphatic rings. The standard InChI is InChI=1S/C16H16FO5P.C14H11FO3.C8H8O3/c1-20-23(19,21-2)11-16(18)12-5-3-7-14(9-12)22-15-8-4-6-13(17)10-15;1-17-14(16)10-4-2-6-12(8-10)18-13-7-3-5-11(15)9-13;1-11-8(10)6-3-2-4-7(9)5-6/h3-10H,11H2,1-2H3;2-9H,1H3;2-5,9H,1H3. The molecule has 5 aromatic carbocycles. The molecule has 272 valence electrons. The molecular weight excluding hydrogens is 701 g/mol. The van der Waals surface area contributed by atoms with Crippen LogP contribution in [0.5, 0.6) is 28.7 Å². The molecule has 52 heavy (non-hydrogen) atoms. The molecule has 0 saturated heterocycles. The molecule has 0 aliphatic carbocycles. The smallest absolute Gasteiger partial charge is 0.337 e. The topological polar surface area (TPSA) is 144 Å². The predicted molar refractivity (Wildman–Crippen MR) is 187 cm³/mol. The molecule has 0 bridgehead atoms. The van der Waals surface area contributed by atoms with E-state index in [2.05, 4.69) is 9.47 Å². The van der Waals surface area contributed by atoms with E-state index in [0.717, 1.165) is 0 Å². The molecule has 14 heteroatoms. The zero-order valence-corrected chi connectivity index (χ0v) is 29.4. The maximum atomic E-state index is 13.1. The Morgan fingerprint density at radius 3 is 1.37 bits per heavy atom. The summed E-state index contributed by atoms with van der Waals surface area (Å²) in [4.78, 5) is 34.4. The Balaban J connectivity index is 0.000000223. The molecule has 0 aromatic heterocycles. The lowest BCUT2D eigenvalue weighted by Crippen LogP contribution is -2.08. The van der Waals surface area contributed by atoms with E-state index in [9.17, 15) is 27.7 Å². The van der Waals surface area contributed by atoms with Gasteiger partial charge in [-0.1, -0.05) is 36.4 Å². The highest BCUT2D eigenvalue weighted by Crippen LogP contribution is 2.46. The summed E-state index contributed by atoms with van der Waals surface area (Å²) in [5.41, 5.74) is 1.03. The molecule has 11 nitrogen and oxygen atoms in total. The fourth-order valence-corrected chi connectivity index (χ4v) is 5.03. The number of hydrogen-bond donors (Lipinski definition) is 1. The van der Waals surface area contributed by atoms with Gasteiger partial charge in [-0.05, 0) is 72.8 Å². The molecule has 1 N–H and O–H groups in total. The highest BCUT2D eigenvalue weighted by molar-refractivity contribution is 7.54. The first-order chi connectivity index (χ1) is 24.9. The summed E-state index contributed by atoms with van der Waals surface area (Å²) in [6, 6.07) is 30.3. The van der Waals surface area contributed by atoms with Crippen LogP contribution in [0.3, 0.4) is 0 Å². The molecule has 5 rings (SSSR count). The Labute approximate surface area is 298 Å². The summed E-state index contributed by atoms with van der Waals surface area (Å²) in [5.74, 6) is -0.525. The number of Topliss-reactive ketones (excluding diaryl/α,β-unsaturated/α-hetero) is 1. The maximum Gasteiger partial charge on any atom is 0.337 e. The minimum Gasteiger partial charge on any atom is -0.508 e. The fraction of sp³-hybridized carbons (Fsp3) is 0.132. The van der Waals surface area contributed by atoms with Gasteiger partial charge in [-0.15, -0.1) is 0 Å². The van der Waals surface area contributed by atoms with Crippen molar-refractivity contribution in [2.75, 3.05) is 34.6 Å². The van der Waals surface area contributed by atoms with Gasteiger partial charge >= 0.3 is 19.5 Å². The molecule has 0 atom stereocenters. The van der Waals surface area contributed by atoms with Crippen LogP contribution in [-0.2, 0) is 23.1 Å². The van der Waals surface area contributed by atoms with Crippen molar-refractivity contribution < 1.29 is 60.8 Å². The summed E-state index contributed by atoms with van der Waals surface area (Å²) in [5, 5.41) is 8.95. The van der Waals surface area contributed by atoms with Crippen LogP contribution in [0.4, 0.5) is 8.78 Å². The van der Waals surface area contributed by atoms with E-state index in [1.165, 1.54) is 83.0 Å². The Kier molecular flexibility index (Phi) is 15.7. The molecule has 0 unspecified atom stereocenters. The molecule has 0 saturated carbocycles. The number of halogens is 2. The van der Waals surface area contributed by atoms with Crippen molar-refractivity contribution in [3.8, 4) is 28.7 Å². The first-order valence-corrected chi connectivity index (χ1v) is 16.9. The first-order valence-electron chi connectivity index (χ1n) is 15.1. The lowest BCUT2D eigenvalue weighted by molar-refractivity contribution is 0.0591. The SMILES string of the molecule is COC(=O)c1cccc(O)c1.COC(=O)c1cccc(Oc2cccc(F)c2)c1.COP(=O)(CC(=O)c1cccc(Oc2cccc(F)c2)c1)OC. The molecule has 5 aromatic rings. The van der Waals surface area contributed by atoms with Crippen LogP contribution in [0.15, 0.2) is 121 Å². The number of benzene rings is 5. The van der Waals surface area contributed by atoms with Crippen LogP contribution < -0.4 is 9.47 Å². The molecule has 0 heterocycles. The van der Waals surface area contributed by atoms with E-state index >= 15 is 0 Å². The second-order valence-corrected chi connectivity index (χ2v) is 12.5.